The van der Waals surface area contributed by atoms with Crippen LogP contribution in [-0.2, 0) is 16.8 Å². The second-order valence-corrected chi connectivity index (χ2v) is 7.28. The summed E-state index contributed by atoms with van der Waals surface area (Å²) in [5, 5.41) is 8.02. The fraction of sp³-hybridized carbons (Fsp3) is 0.538. The Morgan fingerprint density at radius 3 is 2.90 bits per heavy atom. The maximum absolute atomic E-state index is 12.3. The fourth-order valence-electron chi connectivity index (χ4n) is 2.36. The monoisotopic (exact) mass is 309 g/mol. The molecular weight excluding hydrogens is 290 g/mol. The topological polar surface area (TPSA) is 79.6 Å². The molecule has 1 aliphatic rings. The van der Waals surface area contributed by atoms with Crippen LogP contribution in [0.3, 0.4) is 0 Å². The van der Waals surface area contributed by atoms with Gasteiger partial charge in [-0.05, 0) is 37.8 Å². The van der Waals surface area contributed by atoms with E-state index in [1.54, 1.807) is 11.4 Å². The number of aromatic nitrogens is 3. The summed E-state index contributed by atoms with van der Waals surface area (Å²) < 4.78 is 30.4. The Kier molecular flexibility index (Phi) is 3.68. The summed E-state index contributed by atoms with van der Waals surface area (Å²) in [5.41, 5.74) is 0.700. The Labute approximate surface area is 124 Å². The van der Waals surface area contributed by atoms with Gasteiger partial charge in [-0.15, -0.1) is 10.2 Å². The lowest BCUT2D eigenvalue weighted by Crippen LogP contribution is -2.43. The summed E-state index contributed by atoms with van der Waals surface area (Å²) in [6.07, 6.45) is 4.03. The number of pyridine rings is 1. The second kappa shape index (κ2) is 5.36. The number of rotatable bonds is 6. The predicted octanol–water partition coefficient (Wildman–Crippen LogP) is 0.794. The molecule has 2 heterocycles. The smallest absolute Gasteiger partial charge is 0.279 e. The minimum atomic E-state index is -3.51. The van der Waals surface area contributed by atoms with Crippen LogP contribution in [0.4, 0.5) is 0 Å². The minimum absolute atomic E-state index is 0.0256. The fourth-order valence-corrected chi connectivity index (χ4v) is 3.49. The molecule has 0 saturated heterocycles. The molecule has 1 N–H and O–H groups in total. The molecule has 2 aromatic rings. The lowest BCUT2D eigenvalue weighted by atomic mass is 10.2. The third kappa shape index (κ3) is 2.92. The van der Waals surface area contributed by atoms with Gasteiger partial charge in [0.15, 0.2) is 11.5 Å². The second-order valence-electron chi connectivity index (χ2n) is 5.47. The van der Waals surface area contributed by atoms with Crippen molar-refractivity contribution >= 4 is 15.9 Å². The van der Waals surface area contributed by atoms with Gasteiger partial charge in [0, 0.05) is 19.3 Å². The molecule has 7 nitrogen and oxygen atoms in total. The van der Waals surface area contributed by atoms with Crippen LogP contribution in [0.1, 0.15) is 25.6 Å². The zero-order valence-electron chi connectivity index (χ0n) is 12.1. The third-order valence-electron chi connectivity index (χ3n) is 4.05. The van der Waals surface area contributed by atoms with Crippen molar-refractivity contribution < 1.29 is 8.42 Å². The Bertz CT molecular complexity index is 738. The molecule has 114 valence electrons. The number of hydrogen-bond donors (Lipinski definition) is 1. The summed E-state index contributed by atoms with van der Waals surface area (Å²) in [6, 6.07) is 5.57. The Hall–Kier alpha value is -1.51. The number of fused-ring (bicyclic) bond motifs is 1. The summed E-state index contributed by atoms with van der Waals surface area (Å²) >= 11 is 0. The van der Waals surface area contributed by atoms with Crippen molar-refractivity contribution in [1.29, 1.82) is 0 Å². The minimum Gasteiger partial charge on any atom is -0.285 e. The van der Waals surface area contributed by atoms with Crippen LogP contribution in [0, 0.1) is 5.92 Å². The SMILES string of the molecule is C[C@H](C1CC1)N(C)S(=O)(=O)NCc1nnc2ccccn12. The molecule has 1 aliphatic carbocycles. The maximum atomic E-state index is 12.3. The molecule has 8 heteroatoms. The van der Waals surface area contributed by atoms with E-state index in [1.165, 1.54) is 4.31 Å². The molecule has 0 aliphatic heterocycles. The standard InChI is InChI=1S/C13H19N5O2S/c1-10(11-6-7-11)17(2)21(19,20)14-9-13-16-15-12-5-3-4-8-18(12)13/h3-5,8,10-11,14H,6-7,9H2,1-2H3/t10-/m1/s1. The van der Waals surface area contributed by atoms with E-state index in [1.807, 2.05) is 31.3 Å². The molecule has 0 spiro atoms. The average molecular weight is 309 g/mol. The Balaban J connectivity index is 1.71. The van der Waals surface area contributed by atoms with E-state index in [4.69, 9.17) is 0 Å². The van der Waals surface area contributed by atoms with E-state index < -0.39 is 10.2 Å². The first-order valence-electron chi connectivity index (χ1n) is 7.00. The first kappa shape index (κ1) is 14.4. The first-order valence-corrected chi connectivity index (χ1v) is 8.44. The Morgan fingerprint density at radius 2 is 2.19 bits per heavy atom. The summed E-state index contributed by atoms with van der Waals surface area (Å²) in [7, 11) is -1.89. The average Bonchev–Trinajstić information content (AvgIpc) is 3.24. The van der Waals surface area contributed by atoms with E-state index in [2.05, 4.69) is 14.9 Å². The van der Waals surface area contributed by atoms with Crippen molar-refractivity contribution in [2.45, 2.75) is 32.4 Å². The van der Waals surface area contributed by atoms with Crippen molar-refractivity contribution in [3.8, 4) is 0 Å². The summed E-state index contributed by atoms with van der Waals surface area (Å²) in [5.74, 6) is 1.06. The largest absolute Gasteiger partial charge is 0.285 e. The molecule has 21 heavy (non-hydrogen) atoms. The lowest BCUT2D eigenvalue weighted by Gasteiger charge is -2.24. The zero-order valence-corrected chi connectivity index (χ0v) is 12.9. The molecule has 0 unspecified atom stereocenters. The summed E-state index contributed by atoms with van der Waals surface area (Å²) in [4.78, 5) is 0. The van der Waals surface area contributed by atoms with Gasteiger partial charge in [0.05, 0.1) is 6.54 Å². The van der Waals surface area contributed by atoms with Crippen molar-refractivity contribution in [3.05, 3.63) is 30.2 Å². The third-order valence-corrected chi connectivity index (χ3v) is 5.65. The predicted molar refractivity (Wildman–Crippen MR) is 78.7 cm³/mol. The van der Waals surface area contributed by atoms with Gasteiger partial charge in [-0.3, -0.25) is 4.40 Å². The highest BCUT2D eigenvalue weighted by Crippen LogP contribution is 2.35. The first-order chi connectivity index (χ1) is 9.99. The molecule has 0 bridgehead atoms. The van der Waals surface area contributed by atoms with Crippen LogP contribution in [0.5, 0.6) is 0 Å². The highest BCUT2D eigenvalue weighted by molar-refractivity contribution is 7.87. The van der Waals surface area contributed by atoms with Gasteiger partial charge in [-0.25, -0.2) is 0 Å². The van der Waals surface area contributed by atoms with Gasteiger partial charge in [0.2, 0.25) is 0 Å². The van der Waals surface area contributed by atoms with Crippen molar-refractivity contribution in [3.63, 3.8) is 0 Å². The van der Waals surface area contributed by atoms with Gasteiger partial charge in [-0.2, -0.15) is 17.4 Å². The molecule has 3 rings (SSSR count). The van der Waals surface area contributed by atoms with Gasteiger partial charge in [0.25, 0.3) is 10.2 Å². The molecule has 0 radical (unpaired) electrons. The van der Waals surface area contributed by atoms with E-state index in [0.717, 1.165) is 12.8 Å². The van der Waals surface area contributed by atoms with Crippen molar-refractivity contribution in [2.75, 3.05) is 7.05 Å². The number of nitrogens with one attached hydrogen (secondary N) is 1. The molecule has 0 amide bonds. The van der Waals surface area contributed by atoms with Gasteiger partial charge >= 0.3 is 0 Å². The molecule has 0 aromatic carbocycles. The van der Waals surface area contributed by atoms with E-state index in [0.29, 0.717) is 17.4 Å². The normalized spacial score (nSPS) is 17.5. The van der Waals surface area contributed by atoms with Crippen LogP contribution in [-0.4, -0.2) is 40.4 Å². The molecular formula is C13H19N5O2S. The zero-order chi connectivity index (χ0) is 15.0. The van der Waals surface area contributed by atoms with Crippen molar-refractivity contribution in [1.82, 2.24) is 23.6 Å². The van der Waals surface area contributed by atoms with Crippen LogP contribution < -0.4 is 4.72 Å². The highest BCUT2D eigenvalue weighted by atomic mass is 32.2. The van der Waals surface area contributed by atoms with Crippen LogP contribution in [0.2, 0.25) is 0 Å². The molecule has 1 atom stereocenters. The van der Waals surface area contributed by atoms with Crippen LogP contribution in [0.15, 0.2) is 24.4 Å². The highest BCUT2D eigenvalue weighted by Gasteiger charge is 2.35. The van der Waals surface area contributed by atoms with E-state index in [9.17, 15) is 8.42 Å². The lowest BCUT2D eigenvalue weighted by molar-refractivity contribution is 0.351. The Morgan fingerprint density at radius 1 is 1.43 bits per heavy atom. The van der Waals surface area contributed by atoms with E-state index in [-0.39, 0.29) is 12.6 Å². The van der Waals surface area contributed by atoms with Gasteiger partial charge in [-0.1, -0.05) is 6.07 Å². The van der Waals surface area contributed by atoms with Crippen LogP contribution in [0.25, 0.3) is 5.65 Å². The maximum Gasteiger partial charge on any atom is 0.279 e. The van der Waals surface area contributed by atoms with Gasteiger partial charge in [0.1, 0.15) is 0 Å². The quantitative estimate of drug-likeness (QED) is 0.856. The van der Waals surface area contributed by atoms with Gasteiger partial charge < -0.3 is 0 Å². The molecule has 1 fully saturated rings. The summed E-state index contributed by atoms with van der Waals surface area (Å²) in [6.45, 7) is 2.07. The molecule has 2 aromatic heterocycles. The van der Waals surface area contributed by atoms with Crippen molar-refractivity contribution in [2.24, 2.45) is 5.92 Å². The van der Waals surface area contributed by atoms with E-state index >= 15 is 0 Å². The number of hydrogen-bond acceptors (Lipinski definition) is 4. The number of nitrogens with zero attached hydrogens (tertiary/aromatic N) is 4. The van der Waals surface area contributed by atoms with Crippen LogP contribution >= 0.6 is 0 Å². The molecule has 1 saturated carbocycles.